The lowest BCUT2D eigenvalue weighted by Crippen LogP contribution is -2.19. The van der Waals surface area contributed by atoms with E-state index in [0.717, 1.165) is 33.9 Å². The van der Waals surface area contributed by atoms with E-state index < -0.39 is 0 Å². The van der Waals surface area contributed by atoms with E-state index in [-0.39, 0.29) is 6.03 Å². The highest BCUT2D eigenvalue weighted by Crippen LogP contribution is 2.21. The van der Waals surface area contributed by atoms with E-state index in [4.69, 9.17) is 0 Å². The molecule has 0 saturated heterocycles. The molecule has 0 aliphatic carbocycles. The number of rotatable bonds is 6. The normalized spacial score (nSPS) is 10.5. The summed E-state index contributed by atoms with van der Waals surface area (Å²) in [5.41, 5.74) is 7.46. The summed E-state index contributed by atoms with van der Waals surface area (Å²) in [6.07, 6.45) is 0. The average Bonchev–Trinajstić information content (AvgIpc) is 2.75. The van der Waals surface area contributed by atoms with Gasteiger partial charge in [-0.05, 0) is 87.4 Å². The van der Waals surface area contributed by atoms with Crippen molar-refractivity contribution in [3.8, 4) is 0 Å². The molecule has 0 atom stereocenters. The number of benzene rings is 3. The molecule has 0 bridgehead atoms. The van der Waals surface area contributed by atoms with Crippen molar-refractivity contribution in [2.24, 2.45) is 0 Å². The van der Waals surface area contributed by atoms with E-state index in [1.807, 2.05) is 94.4 Å². The Bertz CT molecular complexity index is 1280. The Morgan fingerprint density at radius 2 is 1.15 bits per heavy atom. The van der Waals surface area contributed by atoms with Crippen LogP contribution in [0.1, 0.15) is 22.4 Å². The Morgan fingerprint density at radius 1 is 0.588 bits per heavy atom. The highest BCUT2D eigenvalue weighted by atomic mass is 16.2. The maximum atomic E-state index is 12.4. The van der Waals surface area contributed by atoms with Crippen molar-refractivity contribution in [1.29, 1.82) is 0 Å². The van der Waals surface area contributed by atoms with Crippen LogP contribution in [0, 0.1) is 27.7 Å². The van der Waals surface area contributed by atoms with Crippen molar-refractivity contribution in [3.05, 3.63) is 95.2 Å². The molecule has 0 unspecified atom stereocenters. The van der Waals surface area contributed by atoms with Gasteiger partial charge in [0.25, 0.3) is 0 Å². The second-order valence-corrected chi connectivity index (χ2v) is 8.37. The van der Waals surface area contributed by atoms with Crippen LogP contribution >= 0.6 is 0 Å². The van der Waals surface area contributed by atoms with Crippen LogP contribution in [-0.2, 0) is 0 Å². The SMILES string of the molecule is Cc1ccc(Nc2nc(C)cc(Nc3ccc(NC(=O)Nc4cc(C)cc(C)c4)cc3)n2)cc1. The molecule has 1 heterocycles. The van der Waals surface area contributed by atoms with Gasteiger partial charge in [0.1, 0.15) is 5.82 Å². The number of anilines is 6. The molecule has 4 rings (SSSR count). The van der Waals surface area contributed by atoms with Crippen LogP contribution in [0.25, 0.3) is 0 Å². The largest absolute Gasteiger partial charge is 0.340 e. The molecule has 0 radical (unpaired) electrons. The quantitative estimate of drug-likeness (QED) is 0.257. The van der Waals surface area contributed by atoms with Gasteiger partial charge >= 0.3 is 6.03 Å². The van der Waals surface area contributed by atoms with E-state index in [9.17, 15) is 4.79 Å². The van der Waals surface area contributed by atoms with Crippen LogP contribution in [0.2, 0.25) is 0 Å². The lowest BCUT2D eigenvalue weighted by molar-refractivity contribution is 0.262. The summed E-state index contributed by atoms with van der Waals surface area (Å²) >= 11 is 0. The average molecular weight is 453 g/mol. The minimum absolute atomic E-state index is 0.288. The number of urea groups is 1. The molecule has 0 saturated carbocycles. The summed E-state index contributed by atoms with van der Waals surface area (Å²) in [6.45, 7) is 7.98. The van der Waals surface area contributed by atoms with Crippen molar-refractivity contribution in [3.63, 3.8) is 0 Å². The summed E-state index contributed by atoms with van der Waals surface area (Å²) in [5, 5.41) is 12.3. The molecule has 34 heavy (non-hydrogen) atoms. The smallest absolute Gasteiger partial charge is 0.323 e. The van der Waals surface area contributed by atoms with E-state index in [1.165, 1.54) is 5.56 Å². The molecule has 4 N–H and O–H groups in total. The maximum Gasteiger partial charge on any atom is 0.323 e. The molecule has 7 nitrogen and oxygen atoms in total. The number of carbonyl (C=O) groups is 1. The van der Waals surface area contributed by atoms with Gasteiger partial charge in [0.15, 0.2) is 0 Å². The standard InChI is InChI=1S/C27H28N6O/c1-17-5-7-22(8-6-17)30-26-28-20(4)16-25(33-26)29-21-9-11-23(12-10-21)31-27(34)32-24-14-18(2)13-19(3)15-24/h5-16H,1-4H3,(H2,31,32,34)(H2,28,29,30,33). The summed E-state index contributed by atoms with van der Waals surface area (Å²) in [7, 11) is 0. The Labute approximate surface area is 199 Å². The molecule has 0 spiro atoms. The van der Waals surface area contributed by atoms with Crippen LogP contribution < -0.4 is 21.3 Å². The third-order valence-electron chi connectivity index (χ3n) is 5.06. The molecule has 2 amide bonds. The van der Waals surface area contributed by atoms with Crippen molar-refractivity contribution >= 4 is 40.5 Å². The summed E-state index contributed by atoms with van der Waals surface area (Å²) in [6, 6.07) is 23.0. The van der Waals surface area contributed by atoms with Crippen molar-refractivity contribution < 1.29 is 4.79 Å². The predicted molar refractivity (Wildman–Crippen MR) is 140 cm³/mol. The van der Waals surface area contributed by atoms with Gasteiger partial charge in [-0.15, -0.1) is 0 Å². The number of hydrogen-bond donors (Lipinski definition) is 4. The number of aryl methyl sites for hydroxylation is 4. The van der Waals surface area contributed by atoms with Gasteiger partial charge in [-0.25, -0.2) is 9.78 Å². The van der Waals surface area contributed by atoms with Crippen LogP contribution in [-0.4, -0.2) is 16.0 Å². The fourth-order valence-corrected chi connectivity index (χ4v) is 3.58. The minimum Gasteiger partial charge on any atom is -0.340 e. The van der Waals surface area contributed by atoms with Crippen LogP contribution in [0.15, 0.2) is 72.8 Å². The number of carbonyl (C=O) groups excluding carboxylic acids is 1. The van der Waals surface area contributed by atoms with Crippen molar-refractivity contribution in [1.82, 2.24) is 9.97 Å². The summed E-state index contributed by atoms with van der Waals surface area (Å²) < 4.78 is 0. The molecule has 3 aromatic carbocycles. The molecule has 7 heteroatoms. The second kappa shape index (κ2) is 10.0. The fraction of sp³-hybridized carbons (Fsp3) is 0.148. The summed E-state index contributed by atoms with van der Waals surface area (Å²) in [4.78, 5) is 21.4. The zero-order valence-electron chi connectivity index (χ0n) is 19.7. The minimum atomic E-state index is -0.288. The monoisotopic (exact) mass is 452 g/mol. The molecule has 0 fully saturated rings. The first kappa shape index (κ1) is 22.8. The third kappa shape index (κ3) is 6.32. The molecular formula is C27H28N6O. The maximum absolute atomic E-state index is 12.4. The van der Waals surface area contributed by atoms with Gasteiger partial charge in [0, 0.05) is 34.5 Å². The van der Waals surface area contributed by atoms with Crippen LogP contribution in [0.5, 0.6) is 0 Å². The first-order valence-electron chi connectivity index (χ1n) is 11.1. The Morgan fingerprint density at radius 3 is 1.82 bits per heavy atom. The molecular weight excluding hydrogens is 424 g/mol. The number of hydrogen-bond acceptors (Lipinski definition) is 5. The van der Waals surface area contributed by atoms with Crippen molar-refractivity contribution in [2.45, 2.75) is 27.7 Å². The second-order valence-electron chi connectivity index (χ2n) is 8.37. The number of nitrogens with zero attached hydrogens (tertiary/aromatic N) is 2. The van der Waals surface area contributed by atoms with E-state index in [0.29, 0.717) is 17.5 Å². The fourth-order valence-electron chi connectivity index (χ4n) is 3.58. The Hall–Kier alpha value is -4.39. The topological polar surface area (TPSA) is 91.0 Å². The van der Waals surface area contributed by atoms with E-state index >= 15 is 0 Å². The van der Waals surface area contributed by atoms with Crippen molar-refractivity contribution in [2.75, 3.05) is 21.3 Å². The molecule has 4 aromatic rings. The van der Waals surface area contributed by atoms with Crippen LogP contribution in [0.4, 0.5) is 39.3 Å². The first-order chi connectivity index (χ1) is 16.3. The number of aromatic nitrogens is 2. The first-order valence-corrected chi connectivity index (χ1v) is 11.1. The molecule has 0 aliphatic rings. The highest BCUT2D eigenvalue weighted by molar-refractivity contribution is 5.99. The van der Waals surface area contributed by atoms with Crippen LogP contribution in [0.3, 0.4) is 0 Å². The zero-order chi connectivity index (χ0) is 24.1. The predicted octanol–water partition coefficient (Wildman–Crippen LogP) is 6.84. The zero-order valence-corrected chi connectivity index (χ0v) is 19.7. The van der Waals surface area contributed by atoms with Gasteiger partial charge in [0.05, 0.1) is 0 Å². The molecule has 0 aliphatic heterocycles. The number of nitrogens with one attached hydrogen (secondary N) is 4. The van der Waals surface area contributed by atoms with E-state index in [1.54, 1.807) is 0 Å². The van der Waals surface area contributed by atoms with E-state index in [2.05, 4.69) is 37.3 Å². The van der Waals surface area contributed by atoms with Gasteiger partial charge in [-0.1, -0.05) is 23.8 Å². The van der Waals surface area contributed by atoms with Gasteiger partial charge in [0.2, 0.25) is 5.95 Å². The summed E-state index contributed by atoms with van der Waals surface area (Å²) in [5.74, 6) is 1.20. The van der Waals surface area contributed by atoms with Gasteiger partial charge in [-0.3, -0.25) is 0 Å². The lowest BCUT2D eigenvalue weighted by Gasteiger charge is -2.12. The number of amides is 2. The molecule has 1 aromatic heterocycles. The Kier molecular flexibility index (Phi) is 6.73. The molecule has 172 valence electrons. The lowest BCUT2D eigenvalue weighted by atomic mass is 10.1. The Balaban J connectivity index is 1.38. The van der Waals surface area contributed by atoms with Gasteiger partial charge in [-0.2, -0.15) is 4.98 Å². The van der Waals surface area contributed by atoms with Gasteiger partial charge < -0.3 is 21.3 Å². The highest BCUT2D eigenvalue weighted by Gasteiger charge is 2.06. The third-order valence-corrected chi connectivity index (χ3v) is 5.06.